The van der Waals surface area contributed by atoms with Gasteiger partial charge in [0.25, 0.3) is 5.91 Å². The Morgan fingerprint density at radius 3 is 3.00 bits per heavy atom. The van der Waals surface area contributed by atoms with Gasteiger partial charge in [-0.3, -0.25) is 4.79 Å². The molecule has 0 spiro atoms. The highest BCUT2D eigenvalue weighted by Gasteiger charge is 2.37. The monoisotopic (exact) mass is 254 g/mol. The van der Waals surface area contributed by atoms with Crippen LogP contribution in [0.2, 0.25) is 5.02 Å². The van der Waals surface area contributed by atoms with E-state index in [-0.39, 0.29) is 17.6 Å². The van der Waals surface area contributed by atoms with Gasteiger partial charge in [0.1, 0.15) is 11.5 Å². The molecule has 0 aromatic carbocycles. The van der Waals surface area contributed by atoms with Crippen LogP contribution in [0.5, 0.6) is 0 Å². The van der Waals surface area contributed by atoms with Gasteiger partial charge in [-0.25, -0.2) is 10.8 Å². The van der Waals surface area contributed by atoms with Gasteiger partial charge in [0.15, 0.2) is 0 Å². The van der Waals surface area contributed by atoms with Crippen molar-refractivity contribution in [3.8, 4) is 0 Å². The largest absolute Gasteiger partial charge is 0.348 e. The number of halogens is 1. The third kappa shape index (κ3) is 2.68. The smallest absolute Gasteiger partial charge is 0.271 e. The first-order valence-electron chi connectivity index (χ1n) is 5.59. The fraction of sp³-hybridized carbons (Fsp3) is 0.455. The molecule has 92 valence electrons. The van der Waals surface area contributed by atoms with Gasteiger partial charge in [0, 0.05) is 6.04 Å². The van der Waals surface area contributed by atoms with E-state index in [9.17, 15) is 4.79 Å². The minimum absolute atomic E-state index is 0.212. The molecule has 2 unspecified atom stereocenters. The lowest BCUT2D eigenvalue weighted by molar-refractivity contribution is 0.0944. The Morgan fingerprint density at radius 2 is 2.41 bits per heavy atom. The molecule has 5 nitrogen and oxygen atoms in total. The normalized spacial score (nSPS) is 22.1. The van der Waals surface area contributed by atoms with Crippen LogP contribution in [0.1, 0.15) is 30.3 Å². The molecule has 0 saturated heterocycles. The summed E-state index contributed by atoms with van der Waals surface area (Å²) in [7, 11) is 0. The molecule has 1 fully saturated rings. The van der Waals surface area contributed by atoms with Gasteiger partial charge in [-0.1, -0.05) is 24.9 Å². The highest BCUT2D eigenvalue weighted by Crippen LogP contribution is 2.33. The van der Waals surface area contributed by atoms with Gasteiger partial charge in [0.05, 0.1) is 5.02 Å². The zero-order valence-corrected chi connectivity index (χ0v) is 10.3. The van der Waals surface area contributed by atoms with Crippen LogP contribution in [0.15, 0.2) is 12.1 Å². The van der Waals surface area contributed by atoms with Crippen molar-refractivity contribution in [3.05, 3.63) is 22.8 Å². The summed E-state index contributed by atoms with van der Waals surface area (Å²) >= 11 is 5.93. The minimum atomic E-state index is -0.243. The number of amides is 1. The SMILES string of the molecule is CCC1CC1NC(=O)c1nc(NN)ccc1Cl. The van der Waals surface area contributed by atoms with Crippen molar-refractivity contribution in [2.45, 2.75) is 25.8 Å². The Morgan fingerprint density at radius 1 is 1.65 bits per heavy atom. The standard InChI is InChI=1S/C11H15ClN4O/c1-2-6-5-8(6)14-11(17)10-7(12)3-4-9(15-10)16-13/h3-4,6,8H,2,5,13H2,1H3,(H,14,17)(H,15,16). The van der Waals surface area contributed by atoms with E-state index in [1.54, 1.807) is 12.1 Å². The summed E-state index contributed by atoms with van der Waals surface area (Å²) < 4.78 is 0. The lowest BCUT2D eigenvalue weighted by Crippen LogP contribution is -2.28. The second kappa shape index (κ2) is 4.89. The van der Waals surface area contributed by atoms with Crippen molar-refractivity contribution in [2.75, 3.05) is 5.43 Å². The Kier molecular flexibility index (Phi) is 3.49. The maximum absolute atomic E-state index is 11.9. The zero-order chi connectivity index (χ0) is 12.4. The molecule has 1 aliphatic rings. The molecule has 1 heterocycles. The molecule has 1 amide bonds. The molecule has 2 rings (SSSR count). The molecule has 0 aliphatic heterocycles. The Labute approximate surface area is 105 Å². The van der Waals surface area contributed by atoms with E-state index < -0.39 is 0 Å². The fourth-order valence-corrected chi connectivity index (χ4v) is 1.99. The first kappa shape index (κ1) is 12.1. The molecule has 2 atom stereocenters. The van der Waals surface area contributed by atoms with Crippen LogP contribution in [0.3, 0.4) is 0 Å². The second-order valence-corrected chi connectivity index (χ2v) is 4.56. The van der Waals surface area contributed by atoms with E-state index in [1.165, 1.54) is 0 Å². The second-order valence-electron chi connectivity index (χ2n) is 4.16. The maximum Gasteiger partial charge on any atom is 0.271 e. The van der Waals surface area contributed by atoms with Crippen LogP contribution in [0.4, 0.5) is 5.82 Å². The Hall–Kier alpha value is -1.33. The third-order valence-electron chi connectivity index (χ3n) is 2.97. The number of hydrogen-bond donors (Lipinski definition) is 3. The Balaban J connectivity index is 2.08. The molecular formula is C11H15ClN4O. The number of hydrogen-bond acceptors (Lipinski definition) is 4. The molecule has 1 saturated carbocycles. The van der Waals surface area contributed by atoms with Crippen molar-refractivity contribution in [1.29, 1.82) is 0 Å². The molecule has 1 aromatic heterocycles. The van der Waals surface area contributed by atoms with Crippen molar-refractivity contribution >= 4 is 23.3 Å². The summed E-state index contributed by atoms with van der Waals surface area (Å²) in [5.74, 6) is 6.01. The molecule has 6 heteroatoms. The van der Waals surface area contributed by atoms with Gasteiger partial charge in [-0.2, -0.15) is 0 Å². The van der Waals surface area contributed by atoms with E-state index >= 15 is 0 Å². The number of nitrogens with one attached hydrogen (secondary N) is 2. The van der Waals surface area contributed by atoms with Gasteiger partial charge in [0.2, 0.25) is 0 Å². The van der Waals surface area contributed by atoms with E-state index in [4.69, 9.17) is 17.4 Å². The lowest BCUT2D eigenvalue weighted by Gasteiger charge is -2.07. The summed E-state index contributed by atoms with van der Waals surface area (Å²) in [6.45, 7) is 2.11. The van der Waals surface area contributed by atoms with Crippen LogP contribution in [0, 0.1) is 5.92 Å². The number of pyridine rings is 1. The quantitative estimate of drug-likeness (QED) is 0.563. The number of carbonyl (C=O) groups excluding carboxylic acids is 1. The first-order chi connectivity index (χ1) is 8.15. The average molecular weight is 255 g/mol. The molecule has 0 bridgehead atoms. The van der Waals surface area contributed by atoms with Crippen LogP contribution in [-0.4, -0.2) is 16.9 Å². The van der Waals surface area contributed by atoms with E-state index in [0.717, 1.165) is 12.8 Å². The van der Waals surface area contributed by atoms with Crippen molar-refractivity contribution in [2.24, 2.45) is 11.8 Å². The highest BCUT2D eigenvalue weighted by atomic mass is 35.5. The summed E-state index contributed by atoms with van der Waals surface area (Å²) in [5.41, 5.74) is 2.60. The third-order valence-corrected chi connectivity index (χ3v) is 3.28. The molecular weight excluding hydrogens is 240 g/mol. The van der Waals surface area contributed by atoms with Gasteiger partial charge < -0.3 is 10.7 Å². The van der Waals surface area contributed by atoms with Crippen LogP contribution in [0.25, 0.3) is 0 Å². The first-order valence-corrected chi connectivity index (χ1v) is 5.97. The van der Waals surface area contributed by atoms with Crippen molar-refractivity contribution < 1.29 is 4.79 Å². The average Bonchev–Trinajstić information content (AvgIpc) is 3.08. The number of nitrogens with two attached hydrogens (primary N) is 1. The number of hydrazine groups is 1. The predicted octanol–water partition coefficient (Wildman–Crippen LogP) is 1.55. The number of rotatable bonds is 4. The van der Waals surface area contributed by atoms with Gasteiger partial charge in [-0.15, -0.1) is 0 Å². The summed E-state index contributed by atoms with van der Waals surface area (Å²) in [6, 6.07) is 3.48. The number of nitrogen functional groups attached to an aromatic ring is 1. The number of aromatic nitrogens is 1. The van der Waals surface area contributed by atoms with E-state index in [0.29, 0.717) is 16.8 Å². The van der Waals surface area contributed by atoms with Gasteiger partial charge >= 0.3 is 0 Å². The number of nitrogens with zero attached hydrogens (tertiary/aromatic N) is 1. The lowest BCUT2D eigenvalue weighted by atomic mass is 10.3. The maximum atomic E-state index is 11.9. The van der Waals surface area contributed by atoms with Crippen molar-refractivity contribution in [3.63, 3.8) is 0 Å². The van der Waals surface area contributed by atoms with Crippen LogP contribution < -0.4 is 16.6 Å². The predicted molar refractivity (Wildman–Crippen MR) is 66.7 cm³/mol. The number of carbonyl (C=O) groups is 1. The fourth-order valence-electron chi connectivity index (χ4n) is 1.79. The number of anilines is 1. The van der Waals surface area contributed by atoms with Gasteiger partial charge in [-0.05, 0) is 24.5 Å². The van der Waals surface area contributed by atoms with E-state index in [2.05, 4.69) is 22.7 Å². The molecule has 1 aromatic rings. The topological polar surface area (TPSA) is 80.0 Å². The summed E-state index contributed by atoms with van der Waals surface area (Å²) in [5, 5.41) is 3.24. The zero-order valence-electron chi connectivity index (χ0n) is 9.53. The summed E-state index contributed by atoms with van der Waals surface area (Å²) in [6.07, 6.45) is 2.12. The van der Waals surface area contributed by atoms with Crippen LogP contribution in [-0.2, 0) is 0 Å². The van der Waals surface area contributed by atoms with Crippen LogP contribution >= 0.6 is 11.6 Å². The molecule has 1 aliphatic carbocycles. The molecule has 4 N–H and O–H groups in total. The van der Waals surface area contributed by atoms with Crippen molar-refractivity contribution in [1.82, 2.24) is 10.3 Å². The molecule has 17 heavy (non-hydrogen) atoms. The molecule has 0 radical (unpaired) electrons. The van der Waals surface area contributed by atoms with E-state index in [1.807, 2.05) is 0 Å². The highest BCUT2D eigenvalue weighted by molar-refractivity contribution is 6.33. The minimum Gasteiger partial charge on any atom is -0.348 e. The Bertz CT molecular complexity index is 437. The summed E-state index contributed by atoms with van der Waals surface area (Å²) in [4.78, 5) is 16.0.